The van der Waals surface area contributed by atoms with Crippen molar-refractivity contribution < 1.29 is 10.2 Å². The van der Waals surface area contributed by atoms with Gasteiger partial charge in [-0.3, -0.25) is 0 Å². The van der Waals surface area contributed by atoms with Crippen molar-refractivity contribution in [2.75, 3.05) is 6.54 Å². The van der Waals surface area contributed by atoms with Crippen molar-refractivity contribution in [2.24, 2.45) is 0 Å². The fourth-order valence-electron chi connectivity index (χ4n) is 2.99. The molecule has 0 spiro atoms. The number of benzene rings is 2. The maximum absolute atomic E-state index is 11.4. The van der Waals surface area contributed by atoms with E-state index in [-0.39, 0.29) is 6.04 Å². The summed E-state index contributed by atoms with van der Waals surface area (Å²) >= 11 is 0. The molecular formula is C17H19NO2. The van der Waals surface area contributed by atoms with Crippen LogP contribution in [0.25, 0.3) is 0 Å². The fourth-order valence-corrected chi connectivity index (χ4v) is 2.99. The minimum atomic E-state index is -1.12. The van der Waals surface area contributed by atoms with Crippen LogP contribution in [0.2, 0.25) is 0 Å². The Bertz CT molecular complexity index is 516. The van der Waals surface area contributed by atoms with E-state index in [4.69, 9.17) is 0 Å². The molecule has 20 heavy (non-hydrogen) atoms. The van der Waals surface area contributed by atoms with Gasteiger partial charge in [0.1, 0.15) is 5.60 Å². The molecule has 1 fully saturated rings. The average Bonchev–Trinajstić information content (AvgIpc) is 2.95. The molecule has 2 aromatic rings. The highest BCUT2D eigenvalue weighted by Crippen LogP contribution is 2.36. The first kappa shape index (κ1) is 13.3. The first-order valence-electron chi connectivity index (χ1n) is 6.96. The van der Waals surface area contributed by atoms with Crippen LogP contribution in [0.1, 0.15) is 17.5 Å². The number of aliphatic hydroxyl groups is 2. The quantitative estimate of drug-likeness (QED) is 0.794. The summed E-state index contributed by atoms with van der Waals surface area (Å²) in [6, 6.07) is 19.1. The highest BCUT2D eigenvalue weighted by Gasteiger charge is 2.43. The summed E-state index contributed by atoms with van der Waals surface area (Å²) in [6.45, 7) is 0.520. The Morgan fingerprint density at radius 2 is 1.40 bits per heavy atom. The summed E-state index contributed by atoms with van der Waals surface area (Å²) in [6.07, 6.45) is 0.138. The molecule has 3 nitrogen and oxygen atoms in total. The van der Waals surface area contributed by atoms with Crippen LogP contribution >= 0.6 is 0 Å². The Morgan fingerprint density at radius 1 is 0.900 bits per heavy atom. The van der Waals surface area contributed by atoms with Crippen molar-refractivity contribution >= 4 is 0 Å². The number of β-amino-alcohol motifs (C(OH)–C–C–N with tert-alkyl or cyclic N) is 1. The molecule has 3 heteroatoms. The predicted octanol–water partition coefficient (Wildman–Crippen LogP) is 1.65. The first-order chi connectivity index (χ1) is 9.71. The number of aliphatic hydroxyl groups excluding tert-OH is 1. The van der Waals surface area contributed by atoms with Gasteiger partial charge in [0.05, 0.1) is 6.10 Å². The maximum atomic E-state index is 11.4. The van der Waals surface area contributed by atoms with Crippen LogP contribution in [0, 0.1) is 0 Å². The van der Waals surface area contributed by atoms with Crippen LogP contribution in [0.15, 0.2) is 60.7 Å². The molecule has 1 heterocycles. The van der Waals surface area contributed by atoms with Crippen LogP contribution in [0.4, 0.5) is 0 Å². The standard InChI is InChI=1S/C17H19NO2/c19-15-11-16(18-12-15)17(20,13-7-3-1-4-8-13)14-9-5-2-6-10-14/h1-10,15-16,18-20H,11-12H2/t15-,16+/m0/s1. The number of hydrogen-bond acceptors (Lipinski definition) is 3. The summed E-state index contributed by atoms with van der Waals surface area (Å²) in [5.74, 6) is 0. The van der Waals surface area contributed by atoms with Crippen LogP contribution in [0.3, 0.4) is 0 Å². The SMILES string of the molecule is O[C@@H]1CN[C@@H](C(O)(c2ccccc2)c2ccccc2)C1. The maximum Gasteiger partial charge on any atom is 0.130 e. The highest BCUT2D eigenvalue weighted by atomic mass is 16.3. The second kappa shape index (κ2) is 5.37. The van der Waals surface area contributed by atoms with Crippen LogP contribution in [-0.2, 0) is 5.60 Å². The topological polar surface area (TPSA) is 52.5 Å². The third kappa shape index (κ3) is 2.24. The lowest BCUT2D eigenvalue weighted by atomic mass is 9.79. The fraction of sp³-hybridized carbons (Fsp3) is 0.294. The molecule has 0 aromatic heterocycles. The van der Waals surface area contributed by atoms with Crippen LogP contribution in [-0.4, -0.2) is 28.9 Å². The van der Waals surface area contributed by atoms with E-state index in [0.29, 0.717) is 13.0 Å². The number of nitrogens with one attached hydrogen (secondary N) is 1. The van der Waals surface area contributed by atoms with Gasteiger partial charge in [0, 0.05) is 12.6 Å². The molecule has 3 rings (SSSR count). The van der Waals surface area contributed by atoms with E-state index >= 15 is 0 Å². The van der Waals surface area contributed by atoms with Crippen LogP contribution in [0.5, 0.6) is 0 Å². The van der Waals surface area contributed by atoms with Crippen molar-refractivity contribution in [1.82, 2.24) is 5.32 Å². The smallest absolute Gasteiger partial charge is 0.130 e. The third-order valence-electron chi connectivity index (χ3n) is 4.04. The van der Waals surface area contributed by atoms with E-state index < -0.39 is 11.7 Å². The molecule has 0 saturated carbocycles. The predicted molar refractivity (Wildman–Crippen MR) is 78.3 cm³/mol. The van der Waals surface area contributed by atoms with E-state index in [0.717, 1.165) is 11.1 Å². The molecule has 2 aromatic carbocycles. The van der Waals surface area contributed by atoms with Crippen molar-refractivity contribution in [3.63, 3.8) is 0 Å². The zero-order valence-electron chi connectivity index (χ0n) is 11.2. The minimum Gasteiger partial charge on any atom is -0.392 e. The van der Waals surface area contributed by atoms with Gasteiger partial charge in [-0.25, -0.2) is 0 Å². The van der Waals surface area contributed by atoms with Crippen molar-refractivity contribution in [3.05, 3.63) is 71.8 Å². The molecule has 3 N–H and O–H groups in total. The Labute approximate surface area is 118 Å². The van der Waals surface area contributed by atoms with Gasteiger partial charge in [0.15, 0.2) is 0 Å². The number of hydrogen-bond donors (Lipinski definition) is 3. The van der Waals surface area contributed by atoms with Gasteiger partial charge in [-0.2, -0.15) is 0 Å². The summed E-state index contributed by atoms with van der Waals surface area (Å²) < 4.78 is 0. The summed E-state index contributed by atoms with van der Waals surface area (Å²) in [4.78, 5) is 0. The Kier molecular flexibility index (Phi) is 3.57. The second-order valence-corrected chi connectivity index (χ2v) is 5.35. The Balaban J connectivity index is 2.08. The molecule has 0 radical (unpaired) electrons. The first-order valence-corrected chi connectivity index (χ1v) is 6.96. The molecule has 1 saturated heterocycles. The van der Waals surface area contributed by atoms with Crippen molar-refractivity contribution in [3.8, 4) is 0 Å². The van der Waals surface area contributed by atoms with Crippen LogP contribution < -0.4 is 5.32 Å². The van der Waals surface area contributed by atoms with E-state index in [1.807, 2.05) is 60.7 Å². The van der Waals surface area contributed by atoms with Crippen molar-refractivity contribution in [1.29, 1.82) is 0 Å². The molecule has 0 aliphatic carbocycles. The second-order valence-electron chi connectivity index (χ2n) is 5.35. The normalized spacial score (nSPS) is 22.9. The molecular weight excluding hydrogens is 250 g/mol. The lowest BCUT2D eigenvalue weighted by molar-refractivity contribution is 0.0395. The Hall–Kier alpha value is -1.68. The van der Waals surface area contributed by atoms with Gasteiger partial charge in [-0.05, 0) is 17.5 Å². The Morgan fingerprint density at radius 3 is 1.80 bits per heavy atom. The molecule has 2 atom stereocenters. The highest BCUT2D eigenvalue weighted by molar-refractivity contribution is 5.38. The zero-order valence-corrected chi connectivity index (χ0v) is 11.2. The van der Waals surface area contributed by atoms with Crippen molar-refractivity contribution in [2.45, 2.75) is 24.2 Å². The van der Waals surface area contributed by atoms with Gasteiger partial charge in [-0.1, -0.05) is 60.7 Å². The van der Waals surface area contributed by atoms with E-state index in [1.54, 1.807) is 0 Å². The van der Waals surface area contributed by atoms with E-state index in [9.17, 15) is 10.2 Å². The average molecular weight is 269 g/mol. The zero-order chi connectivity index (χ0) is 14.0. The van der Waals surface area contributed by atoms with Gasteiger partial charge in [-0.15, -0.1) is 0 Å². The third-order valence-corrected chi connectivity index (χ3v) is 4.04. The molecule has 0 amide bonds. The van der Waals surface area contributed by atoms with Gasteiger partial charge < -0.3 is 15.5 Å². The summed E-state index contributed by atoms with van der Waals surface area (Å²) in [5, 5.41) is 24.4. The van der Waals surface area contributed by atoms with E-state index in [1.165, 1.54) is 0 Å². The van der Waals surface area contributed by atoms with E-state index in [2.05, 4.69) is 5.32 Å². The molecule has 0 unspecified atom stereocenters. The number of rotatable bonds is 3. The van der Waals surface area contributed by atoms with Gasteiger partial charge in [0.25, 0.3) is 0 Å². The molecule has 1 aliphatic heterocycles. The molecule has 0 bridgehead atoms. The largest absolute Gasteiger partial charge is 0.392 e. The minimum absolute atomic E-state index is 0.192. The molecule has 1 aliphatic rings. The van der Waals surface area contributed by atoms with Gasteiger partial charge in [0.2, 0.25) is 0 Å². The molecule has 104 valence electrons. The van der Waals surface area contributed by atoms with Gasteiger partial charge >= 0.3 is 0 Å². The summed E-state index contributed by atoms with van der Waals surface area (Å²) in [7, 11) is 0. The lowest BCUT2D eigenvalue weighted by Gasteiger charge is -2.35. The lowest BCUT2D eigenvalue weighted by Crippen LogP contribution is -2.46. The summed E-state index contributed by atoms with van der Waals surface area (Å²) in [5.41, 5.74) is 0.565. The monoisotopic (exact) mass is 269 g/mol.